The molecular weight excluding hydrogens is 543 g/mol. The van der Waals surface area contributed by atoms with E-state index in [1.165, 1.54) is 21.0 Å². The monoisotopic (exact) mass is 580 g/mol. The number of ketones is 2. The molecule has 0 bridgehead atoms. The van der Waals surface area contributed by atoms with E-state index in [-0.39, 0.29) is 50.6 Å². The molecule has 0 radical (unpaired) electrons. The maximum atomic E-state index is 12.5. The molecule has 1 aliphatic rings. The molecular formula is C23H37N2O11PS. The standard InChI is InChI=1S/C23H37N2O11PS/c1-14(16(26)7-8-18(28)33-5)19(29)15(2)22(31)38-12-11-24-17(27)9-10-25-21(30)20-23(3,4)13-35-37(32,34-6)36-20/h14-15,20H,7-13H2,1-6H3,(H,24,27)(H,25,30)/t14?,15?,20-,37?/m0/s1. The summed E-state index contributed by atoms with van der Waals surface area (Å²) in [6, 6.07) is 0. The van der Waals surface area contributed by atoms with Gasteiger partial charge < -0.3 is 15.4 Å². The van der Waals surface area contributed by atoms with Crippen molar-refractivity contribution in [1.29, 1.82) is 0 Å². The van der Waals surface area contributed by atoms with Crippen LogP contribution >= 0.6 is 19.6 Å². The Balaban J connectivity index is 2.35. The largest absolute Gasteiger partial charge is 0.475 e. The van der Waals surface area contributed by atoms with Gasteiger partial charge in [-0.2, -0.15) is 0 Å². The first-order chi connectivity index (χ1) is 17.7. The predicted octanol–water partition coefficient (Wildman–Crippen LogP) is 1.43. The molecule has 216 valence electrons. The van der Waals surface area contributed by atoms with Gasteiger partial charge in [0.25, 0.3) is 0 Å². The molecule has 0 aliphatic carbocycles. The number of Topliss-reactive ketones (excluding diaryl/α,β-unsaturated/α-hetero) is 2. The summed E-state index contributed by atoms with van der Waals surface area (Å²) in [5.74, 6) is -4.29. The highest BCUT2D eigenvalue weighted by Crippen LogP contribution is 2.56. The molecule has 2 N–H and O–H groups in total. The van der Waals surface area contributed by atoms with E-state index in [2.05, 4.69) is 15.4 Å². The van der Waals surface area contributed by atoms with E-state index in [4.69, 9.17) is 13.6 Å². The normalized spacial score (nSPS) is 22.0. The molecule has 3 unspecified atom stereocenters. The van der Waals surface area contributed by atoms with Gasteiger partial charge in [-0.25, -0.2) is 4.57 Å². The zero-order chi connectivity index (χ0) is 29.1. The van der Waals surface area contributed by atoms with E-state index in [0.29, 0.717) is 0 Å². The molecule has 2 amide bonds. The van der Waals surface area contributed by atoms with E-state index in [9.17, 15) is 33.3 Å². The first-order valence-electron chi connectivity index (χ1n) is 12.0. The SMILES string of the molecule is COC(=O)CCC(=O)C(C)C(=O)C(C)C(=O)SCCNC(=O)CCNC(=O)[C@@H]1OP(=O)(OC)OCC1(C)C. The number of hydrogen-bond donors (Lipinski definition) is 2. The van der Waals surface area contributed by atoms with Gasteiger partial charge in [0.15, 0.2) is 17.0 Å². The average Bonchev–Trinajstić information content (AvgIpc) is 2.89. The second-order valence-electron chi connectivity index (χ2n) is 9.32. The molecule has 1 fully saturated rings. The Morgan fingerprint density at radius 1 is 1.00 bits per heavy atom. The summed E-state index contributed by atoms with van der Waals surface area (Å²) >= 11 is 0.859. The quantitative estimate of drug-likeness (QED) is 0.123. The number of hydrogen-bond acceptors (Lipinski definition) is 12. The van der Waals surface area contributed by atoms with Gasteiger partial charge in [-0.15, -0.1) is 0 Å². The third-order valence-corrected chi connectivity index (χ3v) is 8.22. The van der Waals surface area contributed by atoms with Crippen LogP contribution in [0.2, 0.25) is 0 Å². The van der Waals surface area contributed by atoms with E-state index in [1.54, 1.807) is 13.8 Å². The van der Waals surface area contributed by atoms with Crippen LogP contribution in [0.5, 0.6) is 0 Å². The van der Waals surface area contributed by atoms with Crippen molar-refractivity contribution < 1.29 is 51.6 Å². The molecule has 0 aromatic carbocycles. The highest BCUT2D eigenvalue weighted by Gasteiger charge is 2.48. The van der Waals surface area contributed by atoms with Gasteiger partial charge in [0.1, 0.15) is 5.78 Å². The minimum atomic E-state index is -3.82. The first-order valence-corrected chi connectivity index (χ1v) is 14.4. The number of carbonyl (C=O) groups excluding carboxylic acids is 6. The van der Waals surface area contributed by atoms with Gasteiger partial charge in [-0.05, 0) is 13.8 Å². The molecule has 38 heavy (non-hydrogen) atoms. The van der Waals surface area contributed by atoms with Crippen LogP contribution in [0.1, 0.15) is 47.0 Å². The number of phosphoric ester groups is 1. The number of nitrogens with one attached hydrogen (secondary N) is 2. The van der Waals surface area contributed by atoms with Crippen molar-refractivity contribution >= 4 is 54.1 Å². The Bertz CT molecular complexity index is 956. The fraction of sp³-hybridized carbons (Fsp3) is 0.739. The third-order valence-electron chi connectivity index (χ3n) is 5.81. The van der Waals surface area contributed by atoms with Gasteiger partial charge in [-0.1, -0.05) is 25.6 Å². The molecule has 15 heteroatoms. The van der Waals surface area contributed by atoms with Crippen LogP contribution in [-0.2, 0) is 51.6 Å². The van der Waals surface area contributed by atoms with Crippen molar-refractivity contribution in [3.8, 4) is 0 Å². The van der Waals surface area contributed by atoms with Crippen molar-refractivity contribution in [3.05, 3.63) is 0 Å². The molecule has 0 spiro atoms. The Morgan fingerprint density at radius 2 is 1.66 bits per heavy atom. The Labute approximate surface area is 226 Å². The Morgan fingerprint density at radius 3 is 2.26 bits per heavy atom. The van der Waals surface area contributed by atoms with Crippen LogP contribution in [0.15, 0.2) is 0 Å². The van der Waals surface area contributed by atoms with Crippen LogP contribution in [0.3, 0.4) is 0 Å². The lowest BCUT2D eigenvalue weighted by molar-refractivity contribution is -0.143. The summed E-state index contributed by atoms with van der Waals surface area (Å²) < 4.78 is 31.7. The zero-order valence-corrected chi connectivity index (χ0v) is 24.2. The lowest BCUT2D eigenvalue weighted by Crippen LogP contribution is -2.50. The lowest BCUT2D eigenvalue weighted by Gasteiger charge is -2.39. The molecule has 0 aromatic rings. The predicted molar refractivity (Wildman–Crippen MR) is 137 cm³/mol. The molecule has 1 saturated heterocycles. The van der Waals surface area contributed by atoms with Crippen LogP contribution in [0, 0.1) is 17.3 Å². The second kappa shape index (κ2) is 15.5. The number of methoxy groups -OCH3 is 1. The smallest absolute Gasteiger partial charge is 0.469 e. The number of rotatable bonds is 15. The number of ether oxygens (including phenoxy) is 1. The number of phosphoric acid groups is 1. The van der Waals surface area contributed by atoms with Gasteiger partial charge >= 0.3 is 13.8 Å². The fourth-order valence-electron chi connectivity index (χ4n) is 3.26. The van der Waals surface area contributed by atoms with Crippen molar-refractivity contribution in [3.63, 3.8) is 0 Å². The summed E-state index contributed by atoms with van der Waals surface area (Å²) in [5, 5.41) is 4.74. The molecule has 4 atom stereocenters. The van der Waals surface area contributed by atoms with Gasteiger partial charge in [0.2, 0.25) is 11.8 Å². The zero-order valence-electron chi connectivity index (χ0n) is 22.5. The van der Waals surface area contributed by atoms with Crippen LogP contribution in [-0.4, -0.2) is 80.2 Å². The third kappa shape index (κ3) is 10.6. The number of carbonyl (C=O) groups is 6. The number of esters is 1. The minimum Gasteiger partial charge on any atom is -0.469 e. The van der Waals surface area contributed by atoms with Gasteiger partial charge in [0.05, 0.1) is 32.0 Å². The summed E-state index contributed by atoms with van der Waals surface area (Å²) in [7, 11) is -1.46. The molecule has 1 rings (SSSR count). The van der Waals surface area contributed by atoms with Crippen molar-refractivity contribution in [1.82, 2.24) is 10.6 Å². The first kappa shape index (κ1) is 33.9. The average molecular weight is 581 g/mol. The minimum absolute atomic E-state index is 0.00173. The van der Waals surface area contributed by atoms with Crippen LogP contribution in [0.4, 0.5) is 0 Å². The van der Waals surface area contributed by atoms with E-state index in [1.807, 2.05) is 0 Å². The summed E-state index contributed by atoms with van der Waals surface area (Å²) in [6.45, 7) is 6.37. The van der Waals surface area contributed by atoms with Crippen molar-refractivity contribution in [2.45, 2.75) is 53.1 Å². The second-order valence-corrected chi connectivity index (χ2v) is 12.2. The molecule has 13 nitrogen and oxygen atoms in total. The Hall–Kier alpha value is -2.12. The maximum absolute atomic E-state index is 12.5. The molecule has 0 saturated carbocycles. The van der Waals surface area contributed by atoms with Gasteiger partial charge in [-0.3, -0.25) is 42.3 Å². The van der Waals surface area contributed by atoms with Crippen molar-refractivity contribution in [2.75, 3.05) is 39.7 Å². The van der Waals surface area contributed by atoms with E-state index in [0.717, 1.165) is 18.9 Å². The van der Waals surface area contributed by atoms with Crippen molar-refractivity contribution in [2.24, 2.45) is 17.3 Å². The molecule has 0 aromatic heterocycles. The highest BCUT2D eigenvalue weighted by atomic mass is 32.2. The summed E-state index contributed by atoms with van der Waals surface area (Å²) in [4.78, 5) is 72.6. The van der Waals surface area contributed by atoms with Crippen LogP contribution in [0.25, 0.3) is 0 Å². The van der Waals surface area contributed by atoms with E-state index < -0.39 is 59.7 Å². The number of amides is 2. The maximum Gasteiger partial charge on any atom is 0.475 e. The Kier molecular flexibility index (Phi) is 13.8. The number of thioether (sulfide) groups is 1. The van der Waals surface area contributed by atoms with E-state index >= 15 is 0 Å². The molecule has 1 heterocycles. The summed E-state index contributed by atoms with van der Waals surface area (Å²) in [5.41, 5.74) is -0.769. The molecule has 1 aliphatic heterocycles. The lowest BCUT2D eigenvalue weighted by atomic mass is 9.87. The highest BCUT2D eigenvalue weighted by molar-refractivity contribution is 8.13. The van der Waals surface area contributed by atoms with Gasteiger partial charge in [0, 0.05) is 44.2 Å². The van der Waals surface area contributed by atoms with Crippen LogP contribution < -0.4 is 10.6 Å². The summed E-state index contributed by atoms with van der Waals surface area (Å²) in [6.07, 6.45) is -1.42. The topological polar surface area (TPSA) is 180 Å². The fourth-order valence-corrected chi connectivity index (χ4v) is 5.42.